The molecule has 0 radical (unpaired) electrons. The highest BCUT2D eigenvalue weighted by Gasteiger charge is 2.26. The van der Waals surface area contributed by atoms with E-state index in [4.69, 9.17) is 11.6 Å². The minimum absolute atomic E-state index is 0.455. The van der Waals surface area contributed by atoms with Crippen LogP contribution in [0, 0.1) is 5.92 Å². The maximum Gasteiger partial charge on any atom is 0.148 e. The van der Waals surface area contributed by atoms with Crippen LogP contribution in [0.25, 0.3) is 0 Å². The first kappa shape index (κ1) is 9.00. The molecule has 0 aliphatic heterocycles. The molecule has 0 amide bonds. The van der Waals surface area contributed by atoms with E-state index in [2.05, 4.69) is 21.7 Å². The van der Waals surface area contributed by atoms with E-state index in [9.17, 15) is 0 Å². The predicted molar refractivity (Wildman–Crippen MR) is 51.6 cm³/mol. The molecule has 1 saturated carbocycles. The van der Waals surface area contributed by atoms with Crippen molar-refractivity contribution in [1.29, 1.82) is 0 Å². The third kappa shape index (κ3) is 1.57. The monoisotopic (exact) mass is 199 g/mol. The van der Waals surface area contributed by atoms with Gasteiger partial charge in [-0.1, -0.05) is 6.42 Å². The molecule has 4 heteroatoms. The number of halogens is 1. The molecule has 1 fully saturated rings. The maximum absolute atomic E-state index is 5.76. The van der Waals surface area contributed by atoms with Gasteiger partial charge in [-0.25, -0.2) is 0 Å². The van der Waals surface area contributed by atoms with Crippen LogP contribution < -0.4 is 0 Å². The van der Waals surface area contributed by atoms with Crippen LogP contribution in [0.5, 0.6) is 0 Å². The van der Waals surface area contributed by atoms with E-state index in [0.29, 0.717) is 11.9 Å². The van der Waals surface area contributed by atoms with Gasteiger partial charge in [0.1, 0.15) is 12.2 Å². The second-order valence-corrected chi connectivity index (χ2v) is 3.99. The summed E-state index contributed by atoms with van der Waals surface area (Å²) in [5, 5.41) is 7.86. The molecule has 3 nitrogen and oxygen atoms in total. The van der Waals surface area contributed by atoms with Crippen LogP contribution in [-0.2, 0) is 5.88 Å². The Morgan fingerprint density at radius 1 is 1.69 bits per heavy atom. The summed E-state index contributed by atoms with van der Waals surface area (Å²) in [6.45, 7) is 2.23. The van der Waals surface area contributed by atoms with Gasteiger partial charge in [0.25, 0.3) is 0 Å². The zero-order chi connectivity index (χ0) is 9.26. The molecular weight excluding hydrogens is 186 g/mol. The van der Waals surface area contributed by atoms with Gasteiger partial charge in [-0.15, -0.1) is 21.8 Å². The lowest BCUT2D eigenvalue weighted by atomic mass is 9.80. The van der Waals surface area contributed by atoms with Crippen LogP contribution in [0.1, 0.15) is 38.1 Å². The quantitative estimate of drug-likeness (QED) is 0.700. The zero-order valence-electron chi connectivity index (χ0n) is 7.78. The van der Waals surface area contributed by atoms with Crippen molar-refractivity contribution in [3.05, 3.63) is 12.2 Å². The van der Waals surface area contributed by atoms with E-state index in [-0.39, 0.29) is 0 Å². The fourth-order valence-electron chi connectivity index (χ4n) is 1.85. The molecule has 1 aromatic rings. The Morgan fingerprint density at radius 2 is 2.46 bits per heavy atom. The smallest absolute Gasteiger partial charge is 0.148 e. The Kier molecular flexibility index (Phi) is 2.54. The van der Waals surface area contributed by atoms with E-state index in [1.165, 1.54) is 19.3 Å². The van der Waals surface area contributed by atoms with Crippen molar-refractivity contribution in [2.75, 3.05) is 0 Å². The molecule has 1 heterocycles. The standard InChI is InChI=1S/C9H14ClN3/c1-7(8-3-2-4-8)13-6-11-12-9(13)5-10/h6-8H,2-5H2,1H3. The summed E-state index contributed by atoms with van der Waals surface area (Å²) in [5.41, 5.74) is 0. The number of hydrogen-bond donors (Lipinski definition) is 0. The van der Waals surface area contributed by atoms with E-state index in [1.54, 1.807) is 6.33 Å². The van der Waals surface area contributed by atoms with Crippen molar-refractivity contribution in [1.82, 2.24) is 14.8 Å². The summed E-state index contributed by atoms with van der Waals surface area (Å²) in [7, 11) is 0. The normalized spacial score (nSPS) is 19.8. The summed E-state index contributed by atoms with van der Waals surface area (Å²) in [4.78, 5) is 0. The number of rotatable bonds is 3. The van der Waals surface area contributed by atoms with Gasteiger partial charge in [-0.2, -0.15) is 0 Å². The largest absolute Gasteiger partial charge is 0.313 e. The Labute approximate surface area is 83.1 Å². The Balaban J connectivity index is 2.13. The second kappa shape index (κ2) is 3.66. The van der Waals surface area contributed by atoms with Crippen LogP contribution in [-0.4, -0.2) is 14.8 Å². The molecule has 1 atom stereocenters. The predicted octanol–water partition coefficient (Wildman–Crippen LogP) is 2.38. The van der Waals surface area contributed by atoms with Gasteiger partial charge in [0.15, 0.2) is 0 Å². The second-order valence-electron chi connectivity index (χ2n) is 3.72. The van der Waals surface area contributed by atoms with Crippen molar-refractivity contribution < 1.29 is 0 Å². The highest BCUT2D eigenvalue weighted by molar-refractivity contribution is 6.16. The summed E-state index contributed by atoms with van der Waals surface area (Å²) in [5.74, 6) is 2.15. The van der Waals surface area contributed by atoms with Crippen molar-refractivity contribution in [2.24, 2.45) is 5.92 Å². The first-order chi connectivity index (χ1) is 6.33. The van der Waals surface area contributed by atoms with E-state index in [0.717, 1.165) is 11.7 Å². The summed E-state index contributed by atoms with van der Waals surface area (Å²) >= 11 is 5.76. The molecule has 0 saturated heterocycles. The molecule has 1 aromatic heterocycles. The topological polar surface area (TPSA) is 30.7 Å². The van der Waals surface area contributed by atoms with Gasteiger partial charge in [-0.3, -0.25) is 0 Å². The summed E-state index contributed by atoms with van der Waals surface area (Å²) in [6, 6.07) is 0.512. The van der Waals surface area contributed by atoms with Gasteiger partial charge in [-0.05, 0) is 25.7 Å². The average Bonchev–Trinajstić information content (AvgIpc) is 2.47. The Morgan fingerprint density at radius 3 is 3.00 bits per heavy atom. The van der Waals surface area contributed by atoms with Crippen molar-refractivity contribution in [3.63, 3.8) is 0 Å². The highest BCUT2D eigenvalue weighted by atomic mass is 35.5. The Bertz CT molecular complexity index is 280. The molecule has 1 unspecified atom stereocenters. The molecule has 1 aliphatic rings. The van der Waals surface area contributed by atoms with Crippen LogP contribution in [0.15, 0.2) is 6.33 Å². The van der Waals surface area contributed by atoms with Gasteiger partial charge in [0.05, 0.1) is 5.88 Å². The molecular formula is C9H14ClN3. The molecule has 0 aromatic carbocycles. The van der Waals surface area contributed by atoms with Crippen LogP contribution in [0.2, 0.25) is 0 Å². The van der Waals surface area contributed by atoms with E-state index < -0.39 is 0 Å². The van der Waals surface area contributed by atoms with Crippen molar-refractivity contribution >= 4 is 11.6 Å². The maximum atomic E-state index is 5.76. The minimum Gasteiger partial charge on any atom is -0.313 e. The first-order valence-corrected chi connectivity index (χ1v) is 5.30. The third-order valence-corrected chi connectivity index (χ3v) is 3.28. The van der Waals surface area contributed by atoms with Crippen LogP contribution >= 0.6 is 11.6 Å². The van der Waals surface area contributed by atoms with Gasteiger partial charge in [0, 0.05) is 6.04 Å². The molecule has 0 spiro atoms. The molecule has 1 aliphatic carbocycles. The SMILES string of the molecule is CC(C1CCC1)n1cnnc1CCl. The number of alkyl halides is 1. The van der Waals surface area contributed by atoms with Crippen LogP contribution in [0.4, 0.5) is 0 Å². The first-order valence-electron chi connectivity index (χ1n) is 4.77. The van der Waals surface area contributed by atoms with E-state index in [1.807, 2.05) is 0 Å². The van der Waals surface area contributed by atoms with Crippen molar-refractivity contribution in [3.8, 4) is 0 Å². The lowest BCUT2D eigenvalue weighted by Gasteiger charge is -2.32. The Hall–Kier alpha value is -0.570. The molecule has 2 rings (SSSR count). The molecule has 0 N–H and O–H groups in total. The lowest BCUT2D eigenvalue weighted by Crippen LogP contribution is -2.23. The molecule has 72 valence electrons. The molecule has 0 bridgehead atoms. The number of hydrogen-bond acceptors (Lipinski definition) is 2. The summed E-state index contributed by atoms with van der Waals surface area (Å²) < 4.78 is 2.11. The summed E-state index contributed by atoms with van der Waals surface area (Å²) in [6.07, 6.45) is 5.83. The highest BCUT2D eigenvalue weighted by Crippen LogP contribution is 2.36. The van der Waals surface area contributed by atoms with E-state index >= 15 is 0 Å². The van der Waals surface area contributed by atoms with Gasteiger partial charge < -0.3 is 4.57 Å². The van der Waals surface area contributed by atoms with Gasteiger partial charge >= 0.3 is 0 Å². The number of aromatic nitrogens is 3. The fourth-order valence-corrected chi connectivity index (χ4v) is 2.04. The number of nitrogens with zero attached hydrogens (tertiary/aromatic N) is 3. The third-order valence-electron chi connectivity index (χ3n) is 3.04. The van der Waals surface area contributed by atoms with Crippen molar-refractivity contribution in [2.45, 2.75) is 38.1 Å². The van der Waals surface area contributed by atoms with Crippen LogP contribution in [0.3, 0.4) is 0 Å². The minimum atomic E-state index is 0.455. The molecule has 13 heavy (non-hydrogen) atoms. The zero-order valence-corrected chi connectivity index (χ0v) is 8.54. The lowest BCUT2D eigenvalue weighted by molar-refractivity contribution is 0.220. The fraction of sp³-hybridized carbons (Fsp3) is 0.778. The van der Waals surface area contributed by atoms with Gasteiger partial charge in [0.2, 0.25) is 0 Å². The average molecular weight is 200 g/mol.